The highest BCUT2D eigenvalue weighted by Crippen LogP contribution is 2.41. The first-order valence-electron chi connectivity index (χ1n) is 11.5. The van der Waals surface area contributed by atoms with Crippen LogP contribution in [0.4, 0.5) is 0 Å². The molecule has 0 saturated heterocycles. The van der Waals surface area contributed by atoms with Crippen LogP contribution in [0.3, 0.4) is 0 Å². The van der Waals surface area contributed by atoms with Gasteiger partial charge in [-0.1, -0.05) is 13.5 Å². The lowest BCUT2D eigenvalue weighted by molar-refractivity contribution is -0.143. The number of carbonyl (C=O) groups excluding carboxylic acids is 2. The summed E-state index contributed by atoms with van der Waals surface area (Å²) in [5.41, 5.74) is 0.403. The van der Waals surface area contributed by atoms with Crippen LogP contribution < -0.4 is 0 Å². The number of ether oxygens (including phenoxy) is 1. The van der Waals surface area contributed by atoms with Crippen LogP contribution in [0.15, 0.2) is 12.2 Å². The molecule has 6 heteroatoms. The molecular weight excluding hydrogens is 382 g/mol. The normalized spacial score (nSPS) is 27.7. The van der Waals surface area contributed by atoms with Crippen molar-refractivity contribution in [3.8, 4) is 0 Å². The van der Waals surface area contributed by atoms with E-state index in [2.05, 4.69) is 6.58 Å². The van der Waals surface area contributed by atoms with E-state index < -0.39 is 5.97 Å². The summed E-state index contributed by atoms with van der Waals surface area (Å²) in [6, 6.07) is 0. The Kier molecular flexibility index (Phi) is 9.37. The molecule has 30 heavy (non-hydrogen) atoms. The minimum atomic E-state index is -0.644. The van der Waals surface area contributed by atoms with Gasteiger partial charge in [0.2, 0.25) is 5.91 Å². The van der Waals surface area contributed by atoms with E-state index in [0.29, 0.717) is 30.6 Å². The number of amides is 1. The topological polar surface area (TPSA) is 83.9 Å². The molecule has 2 aliphatic carbocycles. The van der Waals surface area contributed by atoms with E-state index >= 15 is 0 Å². The standard InChI is InChI=1S/C24H39NO5/c1-16(2)24(29)30-15-17(3)13-14-25(4)22(26)20-9-5-18(6-10-20)19-7-11-21(12-8-19)23(27)28/h17-21H,1,5-15H2,2-4H3,(H,27,28). The number of hydrogen-bond acceptors (Lipinski definition) is 4. The predicted molar refractivity (Wildman–Crippen MR) is 116 cm³/mol. The van der Waals surface area contributed by atoms with Crippen LogP contribution in [0, 0.1) is 29.6 Å². The zero-order valence-corrected chi connectivity index (χ0v) is 18.9. The number of hydrogen-bond donors (Lipinski definition) is 1. The van der Waals surface area contributed by atoms with Gasteiger partial charge >= 0.3 is 11.9 Å². The lowest BCUT2D eigenvalue weighted by atomic mass is 9.69. The number of rotatable bonds is 9. The summed E-state index contributed by atoms with van der Waals surface area (Å²) >= 11 is 0. The Morgan fingerprint density at radius 1 is 1.00 bits per heavy atom. The molecule has 0 aromatic carbocycles. The Labute approximate surface area is 181 Å². The average Bonchev–Trinajstić information content (AvgIpc) is 2.75. The van der Waals surface area contributed by atoms with Crippen molar-refractivity contribution in [2.75, 3.05) is 20.2 Å². The van der Waals surface area contributed by atoms with Gasteiger partial charge in [0.25, 0.3) is 0 Å². The molecule has 2 aliphatic rings. The Hall–Kier alpha value is -1.85. The SMILES string of the molecule is C=C(C)C(=O)OCC(C)CCN(C)C(=O)C1CCC(C2CCC(C(=O)O)CC2)CC1. The Bertz CT molecular complexity index is 615. The van der Waals surface area contributed by atoms with Crippen molar-refractivity contribution in [3.63, 3.8) is 0 Å². The minimum absolute atomic E-state index is 0.109. The number of carbonyl (C=O) groups is 3. The Morgan fingerprint density at radius 3 is 1.97 bits per heavy atom. The van der Waals surface area contributed by atoms with Gasteiger partial charge in [-0.05, 0) is 82.5 Å². The van der Waals surface area contributed by atoms with Gasteiger partial charge in [0.1, 0.15) is 0 Å². The molecule has 1 atom stereocenters. The summed E-state index contributed by atoms with van der Waals surface area (Å²) in [6.07, 6.45) is 8.51. The molecule has 1 amide bonds. The highest BCUT2D eigenvalue weighted by Gasteiger charge is 2.35. The smallest absolute Gasteiger partial charge is 0.333 e. The van der Waals surface area contributed by atoms with Gasteiger partial charge in [-0.3, -0.25) is 9.59 Å². The monoisotopic (exact) mass is 421 g/mol. The van der Waals surface area contributed by atoms with E-state index in [0.717, 1.165) is 57.8 Å². The van der Waals surface area contributed by atoms with Crippen LogP contribution in [0.1, 0.15) is 71.6 Å². The minimum Gasteiger partial charge on any atom is -0.481 e. The van der Waals surface area contributed by atoms with Crippen molar-refractivity contribution in [2.45, 2.75) is 71.6 Å². The van der Waals surface area contributed by atoms with Crippen molar-refractivity contribution in [2.24, 2.45) is 29.6 Å². The van der Waals surface area contributed by atoms with Gasteiger partial charge in [0.15, 0.2) is 0 Å². The van der Waals surface area contributed by atoms with Crippen LogP contribution in [0.5, 0.6) is 0 Å². The van der Waals surface area contributed by atoms with Crippen molar-refractivity contribution in [1.82, 2.24) is 4.90 Å². The summed E-state index contributed by atoms with van der Waals surface area (Å²) in [6.45, 7) is 8.25. The summed E-state index contributed by atoms with van der Waals surface area (Å²) in [5.74, 6) is 0.662. The van der Waals surface area contributed by atoms with Crippen molar-refractivity contribution in [3.05, 3.63) is 12.2 Å². The number of nitrogens with zero attached hydrogens (tertiary/aromatic N) is 1. The van der Waals surface area contributed by atoms with Crippen molar-refractivity contribution >= 4 is 17.8 Å². The molecule has 6 nitrogen and oxygen atoms in total. The van der Waals surface area contributed by atoms with Gasteiger partial charge in [0, 0.05) is 25.1 Å². The van der Waals surface area contributed by atoms with Gasteiger partial charge in [-0.2, -0.15) is 0 Å². The second-order valence-corrected chi connectivity index (χ2v) is 9.59. The first-order chi connectivity index (χ1) is 14.2. The summed E-state index contributed by atoms with van der Waals surface area (Å²) < 4.78 is 5.19. The van der Waals surface area contributed by atoms with Crippen LogP contribution in [0.25, 0.3) is 0 Å². The third kappa shape index (κ3) is 7.13. The highest BCUT2D eigenvalue weighted by atomic mass is 16.5. The molecule has 0 aromatic heterocycles. The van der Waals surface area contributed by atoms with Crippen LogP contribution in [-0.4, -0.2) is 48.1 Å². The summed E-state index contributed by atoms with van der Waals surface area (Å²) in [4.78, 5) is 37.3. The number of aliphatic carboxylic acids is 1. The maximum absolute atomic E-state index is 12.8. The fraction of sp³-hybridized carbons (Fsp3) is 0.792. The van der Waals surface area contributed by atoms with Crippen molar-refractivity contribution in [1.29, 1.82) is 0 Å². The third-order valence-corrected chi connectivity index (χ3v) is 7.09. The van der Waals surface area contributed by atoms with Gasteiger partial charge in [-0.25, -0.2) is 4.79 Å². The Morgan fingerprint density at radius 2 is 1.50 bits per heavy atom. The molecule has 0 radical (unpaired) electrons. The molecule has 170 valence electrons. The van der Waals surface area contributed by atoms with E-state index in [1.165, 1.54) is 0 Å². The van der Waals surface area contributed by atoms with Gasteiger partial charge < -0.3 is 14.7 Å². The summed E-state index contributed by atoms with van der Waals surface area (Å²) in [7, 11) is 1.87. The maximum atomic E-state index is 12.8. The average molecular weight is 422 g/mol. The third-order valence-electron chi connectivity index (χ3n) is 7.09. The fourth-order valence-corrected chi connectivity index (χ4v) is 4.94. The molecule has 1 N–H and O–H groups in total. The van der Waals surface area contributed by atoms with Crippen LogP contribution in [0.2, 0.25) is 0 Å². The van der Waals surface area contributed by atoms with E-state index in [4.69, 9.17) is 9.84 Å². The predicted octanol–water partition coefficient (Wildman–Crippen LogP) is 4.29. The lowest BCUT2D eigenvalue weighted by Gasteiger charge is -2.37. The number of esters is 1. The summed E-state index contributed by atoms with van der Waals surface area (Å²) in [5, 5.41) is 9.17. The molecule has 0 aromatic rings. The molecule has 0 bridgehead atoms. The molecular formula is C24H39NO5. The van der Waals surface area contributed by atoms with Crippen molar-refractivity contribution < 1.29 is 24.2 Å². The Balaban J connectivity index is 1.67. The largest absolute Gasteiger partial charge is 0.481 e. The first kappa shape index (κ1) is 24.4. The molecule has 0 aliphatic heterocycles. The van der Waals surface area contributed by atoms with Crippen LogP contribution in [-0.2, 0) is 19.1 Å². The highest BCUT2D eigenvalue weighted by molar-refractivity contribution is 5.86. The fourth-order valence-electron chi connectivity index (χ4n) is 4.94. The lowest BCUT2D eigenvalue weighted by Crippen LogP contribution is -2.37. The molecule has 2 fully saturated rings. The van der Waals surface area contributed by atoms with Gasteiger partial charge in [0.05, 0.1) is 12.5 Å². The first-order valence-corrected chi connectivity index (χ1v) is 11.5. The second-order valence-electron chi connectivity index (χ2n) is 9.59. The molecule has 2 rings (SSSR count). The molecule has 1 unspecified atom stereocenters. The second kappa shape index (κ2) is 11.5. The quantitative estimate of drug-likeness (QED) is 0.443. The number of carboxylic acid groups (broad SMARTS) is 1. The molecule has 0 heterocycles. The zero-order valence-electron chi connectivity index (χ0n) is 18.9. The zero-order chi connectivity index (χ0) is 22.3. The van der Waals surface area contributed by atoms with Crippen LogP contribution >= 0.6 is 0 Å². The molecule has 2 saturated carbocycles. The van der Waals surface area contributed by atoms with E-state index in [1.54, 1.807) is 6.92 Å². The molecule has 0 spiro atoms. The maximum Gasteiger partial charge on any atom is 0.333 e. The number of carboxylic acids is 1. The van der Waals surface area contributed by atoms with Gasteiger partial charge in [-0.15, -0.1) is 0 Å². The van der Waals surface area contributed by atoms with E-state index in [1.807, 2.05) is 18.9 Å². The van der Waals surface area contributed by atoms with E-state index in [-0.39, 0.29) is 29.6 Å². The van der Waals surface area contributed by atoms with E-state index in [9.17, 15) is 14.4 Å².